The Morgan fingerprint density at radius 1 is 1.09 bits per heavy atom. The molecule has 0 saturated heterocycles. The summed E-state index contributed by atoms with van der Waals surface area (Å²) < 4.78 is 4.97. The third-order valence-corrected chi connectivity index (χ3v) is 3.52. The second kappa shape index (κ2) is 9.83. The number of benzene rings is 1. The SMILES string of the molecule is CCNC(=O)CNC(=O)COC(=O)c1ccccc1SCC. The molecule has 2 N–H and O–H groups in total. The molecule has 1 rings (SSSR count). The van der Waals surface area contributed by atoms with Crippen molar-refractivity contribution >= 4 is 29.5 Å². The van der Waals surface area contributed by atoms with Crippen LogP contribution >= 0.6 is 11.8 Å². The molecule has 22 heavy (non-hydrogen) atoms. The van der Waals surface area contributed by atoms with Crippen molar-refractivity contribution in [3.05, 3.63) is 29.8 Å². The highest BCUT2D eigenvalue weighted by atomic mass is 32.2. The Morgan fingerprint density at radius 2 is 1.82 bits per heavy atom. The molecule has 0 saturated carbocycles. The second-order valence-corrected chi connectivity index (χ2v) is 5.54. The first-order valence-corrected chi connectivity index (χ1v) is 7.99. The number of hydrogen-bond acceptors (Lipinski definition) is 5. The molecule has 0 aliphatic heterocycles. The Labute approximate surface area is 134 Å². The summed E-state index contributed by atoms with van der Waals surface area (Å²) in [5, 5.41) is 4.93. The van der Waals surface area contributed by atoms with Gasteiger partial charge in [-0.2, -0.15) is 0 Å². The quantitative estimate of drug-likeness (QED) is 0.554. The summed E-state index contributed by atoms with van der Waals surface area (Å²) in [5.41, 5.74) is 0.436. The number of hydrogen-bond donors (Lipinski definition) is 2. The van der Waals surface area contributed by atoms with Gasteiger partial charge in [-0.05, 0) is 24.8 Å². The van der Waals surface area contributed by atoms with Gasteiger partial charge in [0, 0.05) is 11.4 Å². The van der Waals surface area contributed by atoms with Crippen molar-refractivity contribution in [1.82, 2.24) is 10.6 Å². The maximum absolute atomic E-state index is 12.0. The van der Waals surface area contributed by atoms with Gasteiger partial charge in [-0.3, -0.25) is 9.59 Å². The highest BCUT2D eigenvalue weighted by Crippen LogP contribution is 2.22. The van der Waals surface area contributed by atoms with E-state index in [2.05, 4.69) is 10.6 Å². The van der Waals surface area contributed by atoms with Gasteiger partial charge in [0.05, 0.1) is 12.1 Å². The molecule has 0 fully saturated rings. The largest absolute Gasteiger partial charge is 0.452 e. The molecule has 7 heteroatoms. The maximum Gasteiger partial charge on any atom is 0.339 e. The van der Waals surface area contributed by atoms with Crippen molar-refractivity contribution in [2.75, 3.05) is 25.4 Å². The lowest BCUT2D eigenvalue weighted by molar-refractivity contribution is -0.127. The normalized spacial score (nSPS) is 9.91. The molecule has 0 aliphatic rings. The van der Waals surface area contributed by atoms with Gasteiger partial charge in [0.2, 0.25) is 5.91 Å². The lowest BCUT2D eigenvalue weighted by atomic mass is 10.2. The average Bonchev–Trinajstić information content (AvgIpc) is 2.52. The maximum atomic E-state index is 12.0. The number of esters is 1. The fraction of sp³-hybridized carbons (Fsp3) is 0.400. The molecule has 0 bridgehead atoms. The molecule has 1 aromatic carbocycles. The lowest BCUT2D eigenvalue weighted by Crippen LogP contribution is -2.38. The van der Waals surface area contributed by atoms with Crippen molar-refractivity contribution in [3.63, 3.8) is 0 Å². The van der Waals surface area contributed by atoms with Crippen LogP contribution in [0.25, 0.3) is 0 Å². The van der Waals surface area contributed by atoms with Gasteiger partial charge in [-0.1, -0.05) is 19.1 Å². The molecule has 0 radical (unpaired) electrons. The summed E-state index contributed by atoms with van der Waals surface area (Å²) in [6.45, 7) is 3.72. The zero-order valence-corrected chi connectivity index (χ0v) is 13.5. The number of nitrogens with one attached hydrogen (secondary N) is 2. The minimum Gasteiger partial charge on any atom is -0.452 e. The predicted molar refractivity (Wildman–Crippen MR) is 84.8 cm³/mol. The van der Waals surface area contributed by atoms with E-state index in [1.165, 1.54) is 11.8 Å². The summed E-state index contributed by atoms with van der Waals surface area (Å²) in [6, 6.07) is 7.08. The highest BCUT2D eigenvalue weighted by molar-refractivity contribution is 7.99. The molecule has 120 valence electrons. The van der Waals surface area contributed by atoms with Crippen molar-refractivity contribution in [3.8, 4) is 0 Å². The lowest BCUT2D eigenvalue weighted by Gasteiger charge is -2.09. The first-order chi connectivity index (χ1) is 10.6. The van der Waals surface area contributed by atoms with Crippen LogP contribution in [-0.4, -0.2) is 43.2 Å². The summed E-state index contributed by atoms with van der Waals surface area (Å²) in [7, 11) is 0. The Hall–Kier alpha value is -2.02. The molecule has 1 aromatic rings. The number of carbonyl (C=O) groups is 3. The Kier molecular flexibility index (Phi) is 8.06. The van der Waals surface area contributed by atoms with Crippen molar-refractivity contribution in [2.24, 2.45) is 0 Å². The number of amides is 2. The molecule has 0 spiro atoms. The van der Waals surface area contributed by atoms with Crippen LogP contribution in [0, 0.1) is 0 Å². The van der Waals surface area contributed by atoms with Gasteiger partial charge in [0.1, 0.15) is 0 Å². The van der Waals surface area contributed by atoms with E-state index in [4.69, 9.17) is 4.74 Å². The fourth-order valence-electron chi connectivity index (χ4n) is 1.62. The molecule has 2 amide bonds. The van der Waals surface area contributed by atoms with Gasteiger partial charge >= 0.3 is 5.97 Å². The summed E-state index contributed by atoms with van der Waals surface area (Å²) >= 11 is 1.53. The van der Waals surface area contributed by atoms with E-state index in [0.29, 0.717) is 12.1 Å². The summed E-state index contributed by atoms with van der Waals surface area (Å²) in [5.74, 6) is -0.520. The van der Waals surface area contributed by atoms with Gasteiger partial charge in [0.25, 0.3) is 5.91 Å². The van der Waals surface area contributed by atoms with Crippen LogP contribution in [0.15, 0.2) is 29.2 Å². The highest BCUT2D eigenvalue weighted by Gasteiger charge is 2.14. The molecule has 6 nitrogen and oxygen atoms in total. The first-order valence-electron chi connectivity index (χ1n) is 7.00. The number of thioether (sulfide) groups is 1. The number of rotatable bonds is 8. The number of ether oxygens (including phenoxy) is 1. The minimum atomic E-state index is -0.551. The van der Waals surface area contributed by atoms with Crippen molar-refractivity contribution < 1.29 is 19.1 Å². The van der Waals surface area contributed by atoms with E-state index >= 15 is 0 Å². The van der Waals surface area contributed by atoms with E-state index < -0.39 is 18.5 Å². The molecule has 0 unspecified atom stereocenters. The van der Waals surface area contributed by atoms with Crippen LogP contribution in [0.2, 0.25) is 0 Å². The van der Waals surface area contributed by atoms with Crippen LogP contribution in [0.3, 0.4) is 0 Å². The van der Waals surface area contributed by atoms with Gasteiger partial charge in [0.15, 0.2) is 6.61 Å². The van der Waals surface area contributed by atoms with Crippen LogP contribution in [0.4, 0.5) is 0 Å². The molecular formula is C15H20N2O4S. The standard InChI is InChI=1S/C15H20N2O4S/c1-3-16-13(18)9-17-14(19)10-21-15(20)11-7-5-6-8-12(11)22-4-2/h5-8H,3-4,9-10H2,1-2H3,(H,16,18)(H,17,19). The smallest absolute Gasteiger partial charge is 0.339 e. The van der Waals surface area contributed by atoms with E-state index in [9.17, 15) is 14.4 Å². The Morgan fingerprint density at radius 3 is 2.50 bits per heavy atom. The zero-order valence-electron chi connectivity index (χ0n) is 12.7. The Bertz CT molecular complexity index is 534. The summed E-state index contributed by atoms with van der Waals surface area (Å²) in [6.07, 6.45) is 0. The fourth-order valence-corrected chi connectivity index (χ4v) is 2.41. The molecular weight excluding hydrogens is 304 g/mol. The topological polar surface area (TPSA) is 84.5 Å². The van der Waals surface area contributed by atoms with Gasteiger partial charge < -0.3 is 15.4 Å². The molecule has 0 aliphatic carbocycles. The van der Waals surface area contributed by atoms with Crippen LogP contribution in [0.5, 0.6) is 0 Å². The Balaban J connectivity index is 2.46. The third kappa shape index (κ3) is 6.17. The summed E-state index contributed by atoms with van der Waals surface area (Å²) in [4.78, 5) is 35.5. The van der Waals surface area contributed by atoms with Crippen molar-refractivity contribution in [2.45, 2.75) is 18.7 Å². The van der Waals surface area contributed by atoms with E-state index in [0.717, 1.165) is 10.6 Å². The number of carbonyl (C=O) groups excluding carboxylic acids is 3. The number of likely N-dealkylation sites (N-methyl/N-ethyl adjacent to an activating group) is 1. The minimum absolute atomic E-state index is 0.132. The zero-order chi connectivity index (χ0) is 16.4. The van der Waals surface area contributed by atoms with Crippen LogP contribution < -0.4 is 10.6 Å². The van der Waals surface area contributed by atoms with Crippen molar-refractivity contribution in [1.29, 1.82) is 0 Å². The predicted octanol–water partition coefficient (Wildman–Crippen LogP) is 1.21. The second-order valence-electron chi connectivity index (χ2n) is 4.24. The molecule has 0 aromatic heterocycles. The molecule has 0 atom stereocenters. The monoisotopic (exact) mass is 324 g/mol. The van der Waals surface area contributed by atoms with Gasteiger partial charge in [-0.15, -0.1) is 11.8 Å². The van der Waals surface area contributed by atoms with Crippen LogP contribution in [-0.2, 0) is 14.3 Å². The average molecular weight is 324 g/mol. The van der Waals surface area contributed by atoms with Gasteiger partial charge in [-0.25, -0.2) is 4.79 Å². The van der Waals surface area contributed by atoms with E-state index in [1.54, 1.807) is 19.1 Å². The van der Waals surface area contributed by atoms with E-state index in [1.807, 2.05) is 19.1 Å². The van der Waals surface area contributed by atoms with Crippen LogP contribution in [0.1, 0.15) is 24.2 Å². The first kappa shape index (κ1) is 18.0. The molecule has 0 heterocycles. The third-order valence-electron chi connectivity index (χ3n) is 2.56. The van der Waals surface area contributed by atoms with E-state index in [-0.39, 0.29) is 12.5 Å².